The number of rotatable bonds is 5. The third-order valence-corrected chi connectivity index (χ3v) is 4.53. The molecule has 27 heavy (non-hydrogen) atoms. The molecule has 2 atom stereocenters. The molecule has 0 amide bonds. The van der Waals surface area contributed by atoms with Crippen molar-refractivity contribution in [3.8, 4) is 0 Å². The third kappa shape index (κ3) is 3.65. The summed E-state index contributed by atoms with van der Waals surface area (Å²) in [6.07, 6.45) is 0.857. The average Bonchev–Trinajstić information content (AvgIpc) is 3.17. The highest BCUT2D eigenvalue weighted by atomic mass is 19.2. The lowest BCUT2D eigenvalue weighted by molar-refractivity contribution is -0.147. The van der Waals surface area contributed by atoms with Crippen molar-refractivity contribution in [1.29, 1.82) is 0 Å². The molecule has 0 unspecified atom stereocenters. The largest absolute Gasteiger partial charge is 0.464 e. The quantitative estimate of drug-likeness (QED) is 0.250. The van der Waals surface area contributed by atoms with Crippen LogP contribution in [-0.2, 0) is 25.7 Å². The third-order valence-electron chi connectivity index (χ3n) is 4.53. The molecule has 148 valence electrons. The minimum Gasteiger partial charge on any atom is -0.464 e. The Morgan fingerprint density at radius 2 is 1.48 bits per heavy atom. The van der Waals surface area contributed by atoms with E-state index in [0.29, 0.717) is 0 Å². The fourth-order valence-corrected chi connectivity index (χ4v) is 2.77. The van der Waals surface area contributed by atoms with Gasteiger partial charge in [0.2, 0.25) is 11.6 Å². The Balaban J connectivity index is 2.15. The van der Waals surface area contributed by atoms with Gasteiger partial charge in [-0.05, 0) is 17.4 Å². The second-order valence-corrected chi connectivity index (χ2v) is 6.49. The van der Waals surface area contributed by atoms with Gasteiger partial charge in [0, 0.05) is 0 Å². The Morgan fingerprint density at radius 1 is 1.00 bits per heavy atom. The Morgan fingerprint density at radius 3 is 1.96 bits per heavy atom. The van der Waals surface area contributed by atoms with Gasteiger partial charge in [-0.25, -0.2) is 26.7 Å². The first-order valence-electron chi connectivity index (χ1n) is 7.57. The first-order valence-corrected chi connectivity index (χ1v) is 7.57. The molecule has 0 bridgehead atoms. The summed E-state index contributed by atoms with van der Waals surface area (Å²) in [6, 6.07) is 0. The Labute approximate surface area is 149 Å². The van der Waals surface area contributed by atoms with E-state index >= 15 is 0 Å². The number of ether oxygens (including phenoxy) is 2. The normalized spacial score (nSPS) is 21.0. The van der Waals surface area contributed by atoms with Gasteiger partial charge in [0.15, 0.2) is 23.3 Å². The molecule has 0 saturated heterocycles. The van der Waals surface area contributed by atoms with Gasteiger partial charge in [0.1, 0.15) is 6.61 Å². The molecule has 0 heterocycles. The van der Waals surface area contributed by atoms with Gasteiger partial charge in [-0.15, -0.1) is 0 Å². The molecule has 0 aliphatic heterocycles. The first kappa shape index (κ1) is 20.8. The van der Waals surface area contributed by atoms with E-state index in [2.05, 4.69) is 9.47 Å². The molecule has 10 heteroatoms. The van der Waals surface area contributed by atoms with E-state index < -0.39 is 76.3 Å². The highest BCUT2D eigenvalue weighted by Crippen LogP contribution is 2.60. The summed E-state index contributed by atoms with van der Waals surface area (Å²) in [5.74, 6) is -16.1. The van der Waals surface area contributed by atoms with Crippen LogP contribution < -0.4 is 0 Å². The van der Waals surface area contributed by atoms with Crippen LogP contribution in [-0.4, -0.2) is 19.0 Å². The Kier molecular flexibility index (Phi) is 5.58. The van der Waals surface area contributed by atoms with Crippen molar-refractivity contribution in [3.05, 3.63) is 46.6 Å². The van der Waals surface area contributed by atoms with E-state index in [1.165, 1.54) is 0 Å². The van der Waals surface area contributed by atoms with Crippen LogP contribution in [0.15, 0.2) is 11.9 Å². The van der Waals surface area contributed by atoms with Gasteiger partial charge in [-0.2, -0.15) is 4.39 Å². The molecular formula is C17H14F6O4. The average molecular weight is 396 g/mol. The van der Waals surface area contributed by atoms with Crippen LogP contribution in [0.2, 0.25) is 0 Å². The molecule has 4 nitrogen and oxygen atoms in total. The number of benzene rings is 1. The van der Waals surface area contributed by atoms with Crippen LogP contribution in [0.25, 0.3) is 0 Å². The summed E-state index contributed by atoms with van der Waals surface area (Å²) in [5, 5.41) is 0. The molecule has 1 saturated carbocycles. The van der Waals surface area contributed by atoms with Crippen molar-refractivity contribution in [2.24, 2.45) is 17.3 Å². The zero-order chi connectivity index (χ0) is 20.7. The second-order valence-electron chi connectivity index (χ2n) is 6.49. The highest BCUT2D eigenvalue weighted by Gasteiger charge is 2.62. The van der Waals surface area contributed by atoms with Gasteiger partial charge in [0.05, 0.1) is 18.6 Å². The SMILES string of the molecule is COC(=O)C(F)=C[C@H]1[C@@H](C(=O)OCc2c(F)c(F)c(F)c(F)c2F)C1(C)C. The van der Waals surface area contributed by atoms with Crippen molar-refractivity contribution in [2.75, 3.05) is 7.11 Å². The van der Waals surface area contributed by atoms with Crippen molar-refractivity contribution in [1.82, 2.24) is 0 Å². The molecule has 1 aliphatic rings. The number of carbonyl (C=O) groups is 2. The molecular weight excluding hydrogens is 382 g/mol. The predicted octanol–water partition coefficient (Wildman–Crippen LogP) is 3.72. The lowest BCUT2D eigenvalue weighted by Crippen LogP contribution is -2.14. The predicted molar refractivity (Wildman–Crippen MR) is 78.0 cm³/mol. The molecule has 0 spiro atoms. The lowest BCUT2D eigenvalue weighted by atomic mass is 10.1. The summed E-state index contributed by atoms with van der Waals surface area (Å²) in [4.78, 5) is 23.2. The molecule has 1 fully saturated rings. The van der Waals surface area contributed by atoms with E-state index in [-0.39, 0.29) is 0 Å². The zero-order valence-corrected chi connectivity index (χ0v) is 14.3. The molecule has 0 radical (unpaired) electrons. The number of hydrogen-bond acceptors (Lipinski definition) is 4. The Bertz CT molecular complexity index is 804. The number of hydrogen-bond donors (Lipinski definition) is 0. The van der Waals surface area contributed by atoms with Gasteiger partial charge < -0.3 is 9.47 Å². The van der Waals surface area contributed by atoms with Crippen LogP contribution in [0.4, 0.5) is 26.3 Å². The van der Waals surface area contributed by atoms with Gasteiger partial charge in [-0.3, -0.25) is 4.79 Å². The van der Waals surface area contributed by atoms with Crippen LogP contribution in [0.5, 0.6) is 0 Å². The fourth-order valence-electron chi connectivity index (χ4n) is 2.77. The minimum atomic E-state index is -2.33. The number of allylic oxidation sites excluding steroid dienone is 1. The maximum atomic E-state index is 13.6. The summed E-state index contributed by atoms with van der Waals surface area (Å²) >= 11 is 0. The number of esters is 2. The number of methoxy groups -OCH3 is 1. The van der Waals surface area contributed by atoms with Crippen LogP contribution in [0.3, 0.4) is 0 Å². The van der Waals surface area contributed by atoms with E-state index in [1.807, 2.05) is 0 Å². The molecule has 0 N–H and O–H groups in total. The number of halogens is 6. The van der Waals surface area contributed by atoms with Crippen LogP contribution >= 0.6 is 0 Å². The zero-order valence-electron chi connectivity index (χ0n) is 14.3. The summed E-state index contributed by atoms with van der Waals surface area (Å²) < 4.78 is 88.8. The number of carbonyl (C=O) groups excluding carboxylic acids is 2. The molecule has 0 aromatic heterocycles. The Hall–Kier alpha value is -2.52. The lowest BCUT2D eigenvalue weighted by Gasteiger charge is -2.09. The van der Waals surface area contributed by atoms with Crippen molar-refractivity contribution in [2.45, 2.75) is 20.5 Å². The van der Waals surface area contributed by atoms with E-state index in [0.717, 1.165) is 13.2 Å². The van der Waals surface area contributed by atoms with E-state index in [4.69, 9.17) is 0 Å². The topological polar surface area (TPSA) is 52.6 Å². The van der Waals surface area contributed by atoms with Crippen LogP contribution in [0, 0.1) is 46.3 Å². The van der Waals surface area contributed by atoms with Crippen molar-refractivity contribution < 1.29 is 45.4 Å². The maximum Gasteiger partial charge on any atom is 0.366 e. The molecule has 2 rings (SSSR count). The van der Waals surface area contributed by atoms with Crippen molar-refractivity contribution >= 4 is 11.9 Å². The van der Waals surface area contributed by atoms with E-state index in [9.17, 15) is 35.9 Å². The highest BCUT2D eigenvalue weighted by molar-refractivity contribution is 5.86. The maximum absolute atomic E-state index is 13.6. The van der Waals surface area contributed by atoms with Gasteiger partial charge in [-0.1, -0.05) is 13.8 Å². The molecule has 1 aromatic rings. The van der Waals surface area contributed by atoms with E-state index in [1.54, 1.807) is 13.8 Å². The second kappa shape index (κ2) is 7.24. The summed E-state index contributed by atoms with van der Waals surface area (Å²) in [5.41, 5.74) is -2.15. The fraction of sp³-hybridized carbons (Fsp3) is 0.412. The minimum absolute atomic E-state index is 0.777. The van der Waals surface area contributed by atoms with Gasteiger partial charge >= 0.3 is 11.9 Å². The first-order chi connectivity index (χ1) is 12.4. The summed E-state index contributed by atoms with van der Waals surface area (Å²) in [7, 11) is 0.962. The molecule has 1 aliphatic carbocycles. The summed E-state index contributed by atoms with van der Waals surface area (Å²) in [6.45, 7) is 1.89. The van der Waals surface area contributed by atoms with Crippen LogP contribution in [0.1, 0.15) is 19.4 Å². The monoisotopic (exact) mass is 396 g/mol. The van der Waals surface area contributed by atoms with Crippen molar-refractivity contribution in [3.63, 3.8) is 0 Å². The molecule has 1 aromatic carbocycles. The smallest absolute Gasteiger partial charge is 0.366 e. The standard InChI is InChI=1S/C17H14F6O4/c1-17(2)7(4-8(18)15(24)26-3)9(17)16(25)27-5-6-10(19)12(21)14(23)13(22)11(6)20/h4,7,9H,5H2,1-3H3/t7-,9-/m0/s1. The van der Waals surface area contributed by atoms with Gasteiger partial charge in [0.25, 0.3) is 0 Å².